The third-order valence-corrected chi connectivity index (χ3v) is 5.91. The van der Waals surface area contributed by atoms with Crippen LogP contribution in [-0.2, 0) is 21.0 Å². The second-order valence-electron chi connectivity index (χ2n) is 6.17. The van der Waals surface area contributed by atoms with Gasteiger partial charge in [-0.25, -0.2) is 8.42 Å². The van der Waals surface area contributed by atoms with Crippen molar-refractivity contribution in [2.45, 2.75) is 11.1 Å². The average Bonchev–Trinajstić information content (AvgIpc) is 2.74. The number of ether oxygens (including phenoxy) is 2. The summed E-state index contributed by atoms with van der Waals surface area (Å²) in [6.07, 6.45) is -3.31. The van der Waals surface area contributed by atoms with Crippen molar-refractivity contribution in [1.29, 1.82) is 0 Å². The van der Waals surface area contributed by atoms with Gasteiger partial charge in [-0.05, 0) is 30.3 Å². The van der Waals surface area contributed by atoms with E-state index in [4.69, 9.17) is 9.47 Å². The zero-order valence-electron chi connectivity index (χ0n) is 16.8. The SMILES string of the molecule is C=CCNC(=O)CN(c1cccc(C(F)(F)F)c1)S(=O)(=O)c1ccc(OC)c(OC)c1. The monoisotopic (exact) mass is 458 g/mol. The highest BCUT2D eigenvalue weighted by Gasteiger charge is 2.33. The summed E-state index contributed by atoms with van der Waals surface area (Å²) in [5.41, 5.74) is -1.37. The quantitative estimate of drug-likeness (QED) is 0.584. The summed E-state index contributed by atoms with van der Waals surface area (Å²) in [6.45, 7) is 2.76. The van der Waals surface area contributed by atoms with Crippen molar-refractivity contribution in [1.82, 2.24) is 5.32 Å². The Hall–Kier alpha value is -3.21. The molecule has 2 aromatic rings. The number of hydrogen-bond donors (Lipinski definition) is 1. The van der Waals surface area contributed by atoms with Crippen LogP contribution < -0.4 is 19.1 Å². The highest BCUT2D eigenvalue weighted by Crippen LogP contribution is 2.35. The van der Waals surface area contributed by atoms with Gasteiger partial charge in [-0.2, -0.15) is 13.2 Å². The van der Waals surface area contributed by atoms with E-state index in [1.54, 1.807) is 0 Å². The summed E-state index contributed by atoms with van der Waals surface area (Å²) in [4.78, 5) is 11.9. The predicted molar refractivity (Wildman–Crippen MR) is 109 cm³/mol. The molecule has 0 aromatic heterocycles. The van der Waals surface area contributed by atoms with E-state index in [1.807, 2.05) is 0 Å². The van der Waals surface area contributed by atoms with E-state index in [0.29, 0.717) is 10.4 Å². The number of carbonyl (C=O) groups excluding carboxylic acids is 1. The number of sulfonamides is 1. The lowest BCUT2D eigenvalue weighted by Gasteiger charge is -2.25. The summed E-state index contributed by atoms with van der Waals surface area (Å²) >= 11 is 0. The lowest BCUT2D eigenvalue weighted by molar-refractivity contribution is -0.137. The third kappa shape index (κ3) is 5.69. The van der Waals surface area contributed by atoms with Crippen molar-refractivity contribution in [2.24, 2.45) is 0 Å². The molecule has 31 heavy (non-hydrogen) atoms. The molecule has 11 heteroatoms. The lowest BCUT2D eigenvalue weighted by atomic mass is 10.2. The van der Waals surface area contributed by atoms with Crippen molar-refractivity contribution in [3.8, 4) is 11.5 Å². The van der Waals surface area contributed by atoms with E-state index in [9.17, 15) is 26.4 Å². The van der Waals surface area contributed by atoms with Gasteiger partial charge in [-0.1, -0.05) is 12.1 Å². The standard InChI is InChI=1S/C20H21F3N2O5S/c1-4-10-24-19(26)13-25(15-7-5-6-14(11-15)20(21,22)23)31(27,28)16-8-9-17(29-2)18(12-16)30-3/h4-9,11-12H,1,10,13H2,2-3H3,(H,24,26). The molecule has 0 bridgehead atoms. The van der Waals surface area contributed by atoms with Gasteiger partial charge in [-0.15, -0.1) is 6.58 Å². The van der Waals surface area contributed by atoms with Crippen LogP contribution in [0.15, 0.2) is 60.0 Å². The number of nitrogens with zero attached hydrogens (tertiary/aromatic N) is 1. The van der Waals surface area contributed by atoms with Gasteiger partial charge >= 0.3 is 6.18 Å². The number of alkyl halides is 3. The molecule has 0 radical (unpaired) electrons. The van der Waals surface area contributed by atoms with E-state index >= 15 is 0 Å². The van der Waals surface area contributed by atoms with E-state index in [2.05, 4.69) is 11.9 Å². The molecule has 1 N–H and O–H groups in total. The maximum Gasteiger partial charge on any atom is 0.416 e. The smallest absolute Gasteiger partial charge is 0.416 e. The van der Waals surface area contributed by atoms with Crippen LogP contribution in [-0.4, -0.2) is 41.6 Å². The Morgan fingerprint density at radius 2 is 1.81 bits per heavy atom. The number of nitrogens with one attached hydrogen (secondary N) is 1. The van der Waals surface area contributed by atoms with E-state index in [-0.39, 0.29) is 28.6 Å². The molecule has 2 aromatic carbocycles. The molecule has 0 atom stereocenters. The Morgan fingerprint density at radius 1 is 1.13 bits per heavy atom. The summed E-state index contributed by atoms with van der Waals surface area (Å²) in [6, 6.07) is 7.43. The molecule has 0 unspecified atom stereocenters. The summed E-state index contributed by atoms with van der Waals surface area (Å²) in [5.74, 6) is -0.360. The highest BCUT2D eigenvalue weighted by atomic mass is 32.2. The zero-order valence-corrected chi connectivity index (χ0v) is 17.6. The zero-order chi connectivity index (χ0) is 23.2. The van der Waals surface area contributed by atoms with Gasteiger partial charge in [0.1, 0.15) is 6.54 Å². The second kappa shape index (κ2) is 9.73. The first kappa shape index (κ1) is 24.1. The third-order valence-electron chi connectivity index (χ3n) is 4.14. The van der Waals surface area contributed by atoms with Crippen LogP contribution >= 0.6 is 0 Å². The molecule has 7 nitrogen and oxygen atoms in total. The number of hydrogen-bond acceptors (Lipinski definition) is 5. The molecule has 0 aliphatic heterocycles. The first-order chi connectivity index (χ1) is 14.5. The Labute approximate surface area is 178 Å². The van der Waals surface area contributed by atoms with Crippen LogP contribution in [0.2, 0.25) is 0 Å². The fourth-order valence-corrected chi connectivity index (χ4v) is 4.06. The molecule has 2 rings (SSSR count). The fourth-order valence-electron chi connectivity index (χ4n) is 2.63. The minimum absolute atomic E-state index is 0.0612. The molecular formula is C20H21F3N2O5S. The number of benzene rings is 2. The number of methoxy groups -OCH3 is 2. The number of halogens is 3. The van der Waals surface area contributed by atoms with Crippen molar-refractivity contribution in [3.63, 3.8) is 0 Å². The van der Waals surface area contributed by atoms with Gasteiger partial charge in [0.05, 0.1) is 30.4 Å². The van der Waals surface area contributed by atoms with Gasteiger partial charge < -0.3 is 14.8 Å². The maximum atomic E-state index is 13.3. The van der Waals surface area contributed by atoms with E-state index in [1.165, 1.54) is 38.5 Å². The molecule has 0 spiro atoms. The minimum atomic E-state index is -4.69. The first-order valence-corrected chi connectivity index (χ1v) is 10.3. The van der Waals surface area contributed by atoms with Crippen LogP contribution in [0.25, 0.3) is 0 Å². The highest BCUT2D eigenvalue weighted by molar-refractivity contribution is 7.92. The Balaban J connectivity index is 2.59. The molecule has 0 heterocycles. The van der Waals surface area contributed by atoms with Gasteiger partial charge in [-0.3, -0.25) is 9.10 Å². The average molecular weight is 458 g/mol. The van der Waals surface area contributed by atoms with Gasteiger partial charge in [0, 0.05) is 12.6 Å². The number of amides is 1. The number of carbonyl (C=O) groups is 1. The van der Waals surface area contributed by atoms with Gasteiger partial charge in [0.25, 0.3) is 10.0 Å². The molecule has 1 amide bonds. The Bertz CT molecular complexity index is 1060. The predicted octanol–water partition coefficient (Wildman–Crippen LogP) is 3.22. The van der Waals surface area contributed by atoms with Crippen LogP contribution in [0.4, 0.5) is 18.9 Å². The fraction of sp³-hybridized carbons (Fsp3) is 0.250. The largest absolute Gasteiger partial charge is 0.493 e. The van der Waals surface area contributed by atoms with Crippen LogP contribution in [0, 0.1) is 0 Å². The molecular weight excluding hydrogens is 437 g/mol. The van der Waals surface area contributed by atoms with Crippen molar-refractivity contribution < 1.29 is 35.9 Å². The molecule has 0 aliphatic rings. The van der Waals surface area contributed by atoms with E-state index in [0.717, 1.165) is 18.2 Å². The van der Waals surface area contributed by atoms with Crippen LogP contribution in [0.1, 0.15) is 5.56 Å². The first-order valence-electron chi connectivity index (χ1n) is 8.84. The molecule has 0 fully saturated rings. The van der Waals surface area contributed by atoms with Crippen LogP contribution in [0.5, 0.6) is 11.5 Å². The summed E-state index contributed by atoms with van der Waals surface area (Å²) in [7, 11) is -1.78. The Kier molecular flexibility index (Phi) is 7.55. The van der Waals surface area contributed by atoms with E-state index < -0.39 is 34.2 Å². The maximum absolute atomic E-state index is 13.3. The molecule has 168 valence electrons. The Morgan fingerprint density at radius 3 is 2.39 bits per heavy atom. The van der Waals surface area contributed by atoms with Crippen molar-refractivity contribution in [3.05, 3.63) is 60.7 Å². The van der Waals surface area contributed by atoms with Crippen molar-refractivity contribution in [2.75, 3.05) is 31.6 Å². The molecule has 0 saturated heterocycles. The van der Waals surface area contributed by atoms with Gasteiger partial charge in [0.15, 0.2) is 11.5 Å². The molecule has 0 saturated carbocycles. The normalized spacial score (nSPS) is 11.5. The van der Waals surface area contributed by atoms with Gasteiger partial charge in [0.2, 0.25) is 5.91 Å². The lowest BCUT2D eigenvalue weighted by Crippen LogP contribution is -2.41. The summed E-state index contributed by atoms with van der Waals surface area (Å²) in [5, 5.41) is 2.41. The summed E-state index contributed by atoms with van der Waals surface area (Å²) < 4.78 is 76.9. The molecule has 0 aliphatic carbocycles. The second-order valence-corrected chi connectivity index (χ2v) is 8.03. The number of anilines is 1. The van der Waals surface area contributed by atoms with Crippen LogP contribution in [0.3, 0.4) is 0 Å². The number of rotatable bonds is 9. The topological polar surface area (TPSA) is 84.9 Å². The van der Waals surface area contributed by atoms with Crippen molar-refractivity contribution >= 4 is 21.6 Å². The minimum Gasteiger partial charge on any atom is -0.493 e.